The first-order chi connectivity index (χ1) is 17.2. The van der Waals surface area contributed by atoms with Crippen LogP contribution in [0.1, 0.15) is 47.7 Å². The van der Waals surface area contributed by atoms with Crippen LogP contribution in [0.3, 0.4) is 0 Å². The molecule has 36 heavy (non-hydrogen) atoms. The zero-order valence-electron chi connectivity index (χ0n) is 19.3. The van der Waals surface area contributed by atoms with E-state index >= 15 is 4.39 Å². The molecule has 4 rings (SSSR count). The van der Waals surface area contributed by atoms with E-state index in [1.807, 2.05) is 0 Å². The molecule has 188 valence electrons. The van der Waals surface area contributed by atoms with Gasteiger partial charge in [0.1, 0.15) is 5.82 Å². The van der Waals surface area contributed by atoms with Gasteiger partial charge in [-0.15, -0.1) is 11.3 Å². The van der Waals surface area contributed by atoms with Crippen molar-refractivity contribution in [1.82, 2.24) is 4.98 Å². The monoisotopic (exact) mass is 548 g/mol. The highest BCUT2D eigenvalue weighted by Gasteiger charge is 2.19. The Morgan fingerprint density at radius 2 is 2.00 bits per heavy atom. The number of aromatic nitrogens is 1. The Hall–Kier alpha value is -2.78. The van der Waals surface area contributed by atoms with E-state index in [2.05, 4.69) is 10.3 Å². The summed E-state index contributed by atoms with van der Waals surface area (Å²) < 4.78 is 20.8. The fourth-order valence-corrected chi connectivity index (χ4v) is 4.94. The average Bonchev–Trinajstić information content (AvgIpc) is 3.26. The van der Waals surface area contributed by atoms with Crippen molar-refractivity contribution in [1.29, 1.82) is 0 Å². The third-order valence-corrected chi connectivity index (χ3v) is 7.34. The number of hydrogen-bond donors (Lipinski definition) is 2. The molecule has 0 bridgehead atoms. The standard InChI is InChI=1S/C26H23Cl2FN2O4S/c1-14(25(33)34)8-19-20(27)9-17(10-21(19)28)24(32)31-26-30-22(13-36-26)18-7-3-6-16(23(18)29)12-35-11-15-4-2-5-15/h3,6-10,13,15H,2,4-5,11-12H2,1H3,(H,33,34)(H,30,31,32). The second kappa shape index (κ2) is 11.5. The highest BCUT2D eigenvalue weighted by molar-refractivity contribution is 7.14. The minimum Gasteiger partial charge on any atom is -0.478 e. The molecule has 6 nitrogen and oxygen atoms in total. The predicted molar refractivity (Wildman–Crippen MR) is 140 cm³/mol. The molecule has 0 spiro atoms. The fourth-order valence-electron chi connectivity index (χ4n) is 3.64. The van der Waals surface area contributed by atoms with Gasteiger partial charge in [0.15, 0.2) is 5.13 Å². The Labute approximate surface area is 221 Å². The first-order valence-electron chi connectivity index (χ1n) is 11.3. The molecule has 0 saturated heterocycles. The smallest absolute Gasteiger partial charge is 0.331 e. The summed E-state index contributed by atoms with van der Waals surface area (Å²) in [6.07, 6.45) is 4.90. The normalized spacial score (nSPS) is 13.9. The number of ether oxygens (including phenoxy) is 1. The first kappa shape index (κ1) is 26.3. The van der Waals surface area contributed by atoms with Gasteiger partial charge in [-0.2, -0.15) is 0 Å². The van der Waals surface area contributed by atoms with Crippen molar-refractivity contribution < 1.29 is 23.8 Å². The molecule has 1 aliphatic carbocycles. The molecule has 1 amide bonds. The highest BCUT2D eigenvalue weighted by atomic mass is 35.5. The Bertz CT molecular complexity index is 1310. The molecule has 1 saturated carbocycles. The number of benzene rings is 2. The Balaban J connectivity index is 1.46. The maximum absolute atomic E-state index is 15.1. The lowest BCUT2D eigenvalue weighted by Gasteiger charge is -2.24. The summed E-state index contributed by atoms with van der Waals surface area (Å²) in [4.78, 5) is 28.2. The summed E-state index contributed by atoms with van der Waals surface area (Å²) in [5, 5.41) is 13.9. The van der Waals surface area contributed by atoms with Crippen LogP contribution in [0.2, 0.25) is 10.0 Å². The molecular formula is C26H23Cl2FN2O4S. The number of carboxylic acid groups (broad SMARTS) is 1. The van der Waals surface area contributed by atoms with Crippen LogP contribution < -0.4 is 5.32 Å². The Morgan fingerprint density at radius 1 is 1.28 bits per heavy atom. The lowest BCUT2D eigenvalue weighted by atomic mass is 9.86. The van der Waals surface area contributed by atoms with E-state index in [9.17, 15) is 9.59 Å². The number of amides is 1. The molecule has 1 aliphatic rings. The van der Waals surface area contributed by atoms with E-state index < -0.39 is 17.7 Å². The van der Waals surface area contributed by atoms with E-state index in [-0.39, 0.29) is 32.9 Å². The second-order valence-electron chi connectivity index (χ2n) is 8.57. The zero-order valence-corrected chi connectivity index (χ0v) is 21.6. The quantitative estimate of drug-likeness (QED) is 0.273. The summed E-state index contributed by atoms with van der Waals surface area (Å²) >= 11 is 13.6. The molecular weight excluding hydrogens is 526 g/mol. The van der Waals surface area contributed by atoms with E-state index in [0.717, 1.165) is 11.3 Å². The fraction of sp³-hybridized carbons (Fsp3) is 0.269. The van der Waals surface area contributed by atoms with Crippen molar-refractivity contribution in [2.45, 2.75) is 32.8 Å². The lowest BCUT2D eigenvalue weighted by Crippen LogP contribution is -2.17. The average molecular weight is 549 g/mol. The largest absolute Gasteiger partial charge is 0.478 e. The van der Waals surface area contributed by atoms with Gasteiger partial charge in [0.05, 0.1) is 22.3 Å². The topological polar surface area (TPSA) is 88.5 Å². The van der Waals surface area contributed by atoms with Crippen LogP contribution in [0.15, 0.2) is 41.3 Å². The minimum absolute atomic E-state index is 0.0487. The van der Waals surface area contributed by atoms with Gasteiger partial charge < -0.3 is 9.84 Å². The van der Waals surface area contributed by atoms with Gasteiger partial charge in [-0.05, 0) is 50.0 Å². The summed E-state index contributed by atoms with van der Waals surface area (Å²) in [6, 6.07) is 7.87. The predicted octanol–water partition coefficient (Wildman–Crippen LogP) is 7.31. The van der Waals surface area contributed by atoms with Crippen molar-refractivity contribution in [3.05, 3.63) is 73.8 Å². The highest BCUT2D eigenvalue weighted by Crippen LogP contribution is 2.32. The third kappa shape index (κ3) is 6.13. The summed E-state index contributed by atoms with van der Waals surface area (Å²) in [5.74, 6) is -1.43. The van der Waals surface area contributed by atoms with Crippen molar-refractivity contribution in [3.63, 3.8) is 0 Å². The van der Waals surface area contributed by atoms with E-state index in [1.54, 1.807) is 23.6 Å². The van der Waals surface area contributed by atoms with Crippen LogP contribution in [0, 0.1) is 11.7 Å². The van der Waals surface area contributed by atoms with Crippen molar-refractivity contribution in [2.24, 2.45) is 5.92 Å². The van der Waals surface area contributed by atoms with E-state index in [4.69, 9.17) is 33.0 Å². The first-order valence-corrected chi connectivity index (χ1v) is 12.9. The van der Waals surface area contributed by atoms with Crippen LogP contribution in [0.25, 0.3) is 17.3 Å². The second-order valence-corrected chi connectivity index (χ2v) is 10.2. The van der Waals surface area contributed by atoms with Crippen molar-refractivity contribution in [2.75, 3.05) is 11.9 Å². The molecule has 10 heteroatoms. The number of carbonyl (C=O) groups is 2. The maximum atomic E-state index is 15.1. The summed E-state index contributed by atoms with van der Waals surface area (Å²) in [5.41, 5.74) is 1.71. The van der Waals surface area contributed by atoms with Gasteiger partial charge in [-0.3, -0.25) is 10.1 Å². The van der Waals surface area contributed by atoms with Gasteiger partial charge in [-0.25, -0.2) is 14.2 Å². The van der Waals surface area contributed by atoms with Crippen LogP contribution in [0.5, 0.6) is 0 Å². The molecule has 2 aromatic carbocycles. The molecule has 3 aromatic rings. The molecule has 0 atom stereocenters. The van der Waals surface area contributed by atoms with E-state index in [0.29, 0.717) is 34.9 Å². The number of aliphatic carboxylic acids is 1. The van der Waals surface area contributed by atoms with Gasteiger partial charge >= 0.3 is 5.97 Å². The van der Waals surface area contributed by atoms with Crippen LogP contribution in [-0.4, -0.2) is 28.6 Å². The van der Waals surface area contributed by atoms with Gasteiger partial charge in [0.25, 0.3) is 5.91 Å². The number of carbonyl (C=O) groups excluding carboxylic acids is 1. The van der Waals surface area contributed by atoms with Crippen LogP contribution in [-0.2, 0) is 16.1 Å². The minimum atomic E-state index is -1.10. The van der Waals surface area contributed by atoms with Crippen LogP contribution in [0.4, 0.5) is 9.52 Å². The zero-order chi connectivity index (χ0) is 25.8. The Morgan fingerprint density at radius 3 is 2.64 bits per heavy atom. The van der Waals surface area contributed by atoms with Gasteiger partial charge in [0.2, 0.25) is 0 Å². The van der Waals surface area contributed by atoms with Crippen molar-refractivity contribution >= 4 is 57.6 Å². The molecule has 0 aliphatic heterocycles. The van der Waals surface area contributed by atoms with Crippen molar-refractivity contribution in [3.8, 4) is 11.3 Å². The van der Waals surface area contributed by atoms with Gasteiger partial charge in [0, 0.05) is 39.8 Å². The van der Waals surface area contributed by atoms with Crippen LogP contribution >= 0.6 is 34.5 Å². The number of thiazole rings is 1. The summed E-state index contributed by atoms with van der Waals surface area (Å²) in [6.45, 7) is 2.25. The number of carboxylic acids is 1. The SMILES string of the molecule is CC(=Cc1c(Cl)cc(C(=O)Nc2nc(-c3cccc(COCC4CCC4)c3F)cs2)cc1Cl)C(=O)O. The molecule has 2 N–H and O–H groups in total. The van der Waals surface area contributed by atoms with Gasteiger partial charge in [-0.1, -0.05) is 41.8 Å². The molecule has 1 aromatic heterocycles. The Kier molecular flexibility index (Phi) is 8.41. The number of nitrogens with one attached hydrogen (secondary N) is 1. The molecule has 0 radical (unpaired) electrons. The number of nitrogens with zero attached hydrogens (tertiary/aromatic N) is 1. The lowest BCUT2D eigenvalue weighted by molar-refractivity contribution is -0.132. The summed E-state index contributed by atoms with van der Waals surface area (Å²) in [7, 11) is 0. The molecule has 1 fully saturated rings. The molecule has 0 unspecified atom stereocenters. The maximum Gasteiger partial charge on any atom is 0.331 e. The number of halogens is 3. The number of rotatable bonds is 9. The number of hydrogen-bond acceptors (Lipinski definition) is 5. The number of anilines is 1. The third-order valence-electron chi connectivity index (χ3n) is 5.95. The van der Waals surface area contributed by atoms with E-state index in [1.165, 1.54) is 44.4 Å². The molecule has 1 heterocycles.